The molecule has 1 saturated heterocycles. The summed E-state index contributed by atoms with van der Waals surface area (Å²) < 4.78 is 1.58. The van der Waals surface area contributed by atoms with E-state index in [2.05, 4.69) is 35.9 Å². The molecule has 0 aromatic carbocycles. The standard InChI is InChI=1S/C18H21ClN8O3/c1-3-22-18(30)10-12(28)13(29)17(24-10)27-7-23-11-15(20-2)25-14(26-16(11)27)8-4-9(19)6-21-5-8/h4-7,10,12-13,17,24,28-29H,3H2,1-2H3,(H,22,30)(H,20,25,26)/t10-,12+,13+,17-/m0/s1. The van der Waals surface area contributed by atoms with Gasteiger partial charge in [-0.15, -0.1) is 0 Å². The van der Waals surface area contributed by atoms with Crippen LogP contribution in [-0.4, -0.2) is 72.5 Å². The Kier molecular flexibility index (Phi) is 5.52. The molecule has 3 aromatic rings. The molecule has 1 amide bonds. The number of imidazole rings is 1. The normalized spacial score (nSPS) is 23.6. The van der Waals surface area contributed by atoms with Gasteiger partial charge >= 0.3 is 0 Å². The number of hydrogen-bond acceptors (Lipinski definition) is 9. The lowest BCUT2D eigenvalue weighted by Gasteiger charge is -2.18. The van der Waals surface area contributed by atoms with Crippen LogP contribution in [0.15, 0.2) is 24.8 Å². The zero-order valence-corrected chi connectivity index (χ0v) is 17.0. The first kappa shape index (κ1) is 20.4. The second-order valence-electron chi connectivity index (χ2n) is 6.83. The zero-order chi connectivity index (χ0) is 21.4. The van der Waals surface area contributed by atoms with Crippen LogP contribution < -0.4 is 16.0 Å². The molecule has 4 atom stereocenters. The molecule has 12 heteroatoms. The maximum Gasteiger partial charge on any atom is 0.239 e. The Morgan fingerprint density at radius 3 is 2.80 bits per heavy atom. The van der Waals surface area contributed by atoms with Crippen LogP contribution in [0.1, 0.15) is 13.1 Å². The Hall–Kier alpha value is -2.86. The number of hydrogen-bond donors (Lipinski definition) is 5. The predicted molar refractivity (Wildman–Crippen MR) is 110 cm³/mol. The van der Waals surface area contributed by atoms with E-state index in [1.807, 2.05) is 0 Å². The van der Waals surface area contributed by atoms with Gasteiger partial charge in [-0.05, 0) is 13.0 Å². The van der Waals surface area contributed by atoms with Crippen molar-refractivity contribution in [1.29, 1.82) is 0 Å². The Morgan fingerprint density at radius 2 is 2.10 bits per heavy atom. The van der Waals surface area contributed by atoms with Crippen molar-refractivity contribution in [3.05, 3.63) is 29.8 Å². The van der Waals surface area contributed by atoms with Crippen LogP contribution in [0.5, 0.6) is 0 Å². The molecule has 0 bridgehead atoms. The molecule has 0 unspecified atom stereocenters. The molecular formula is C18H21ClN8O3. The molecule has 0 radical (unpaired) electrons. The molecule has 3 aromatic heterocycles. The lowest BCUT2D eigenvalue weighted by atomic mass is 10.1. The number of amides is 1. The number of aliphatic hydroxyl groups excluding tert-OH is 2. The molecule has 1 aliphatic heterocycles. The highest BCUT2D eigenvalue weighted by Crippen LogP contribution is 2.30. The highest BCUT2D eigenvalue weighted by atomic mass is 35.5. The van der Waals surface area contributed by atoms with Gasteiger partial charge in [0.05, 0.1) is 11.3 Å². The number of nitrogens with zero attached hydrogens (tertiary/aromatic N) is 5. The van der Waals surface area contributed by atoms with E-state index < -0.39 is 30.3 Å². The molecule has 158 valence electrons. The van der Waals surface area contributed by atoms with Crippen molar-refractivity contribution in [2.45, 2.75) is 31.3 Å². The SMILES string of the molecule is CCNC(=O)[C@H]1N[C@@H](n2cnc3c(NC)nc(-c4cncc(Cl)c4)nc32)[C@H](O)[C@@H]1O. The van der Waals surface area contributed by atoms with Crippen LogP contribution in [0.3, 0.4) is 0 Å². The average Bonchev–Trinajstić information content (AvgIpc) is 3.29. The molecule has 0 saturated carbocycles. The summed E-state index contributed by atoms with van der Waals surface area (Å²) in [5.74, 6) is 0.436. The first-order valence-electron chi connectivity index (χ1n) is 9.37. The summed E-state index contributed by atoms with van der Waals surface area (Å²) in [4.78, 5) is 29.7. The van der Waals surface area contributed by atoms with Crippen molar-refractivity contribution in [1.82, 2.24) is 35.1 Å². The lowest BCUT2D eigenvalue weighted by Crippen LogP contribution is -2.47. The van der Waals surface area contributed by atoms with Gasteiger partial charge in [-0.3, -0.25) is 19.7 Å². The quantitative estimate of drug-likeness (QED) is 0.372. The summed E-state index contributed by atoms with van der Waals surface area (Å²) in [5, 5.41) is 30.0. The first-order valence-corrected chi connectivity index (χ1v) is 9.75. The van der Waals surface area contributed by atoms with E-state index in [0.717, 1.165) is 0 Å². The van der Waals surface area contributed by atoms with Gasteiger partial charge in [0.15, 0.2) is 22.8 Å². The second-order valence-corrected chi connectivity index (χ2v) is 7.26. The van der Waals surface area contributed by atoms with Crippen LogP contribution in [0.4, 0.5) is 5.82 Å². The largest absolute Gasteiger partial charge is 0.388 e. The van der Waals surface area contributed by atoms with E-state index in [0.29, 0.717) is 39.9 Å². The van der Waals surface area contributed by atoms with Gasteiger partial charge in [-0.1, -0.05) is 11.6 Å². The Balaban J connectivity index is 1.78. The number of carbonyl (C=O) groups excluding carboxylic acids is 1. The van der Waals surface area contributed by atoms with Gasteiger partial charge in [0.1, 0.15) is 24.4 Å². The highest BCUT2D eigenvalue weighted by Gasteiger charge is 2.46. The van der Waals surface area contributed by atoms with Crippen LogP contribution in [0.2, 0.25) is 5.02 Å². The minimum atomic E-state index is -1.29. The monoisotopic (exact) mass is 432 g/mol. The van der Waals surface area contributed by atoms with E-state index in [1.165, 1.54) is 12.5 Å². The predicted octanol–water partition coefficient (Wildman–Crippen LogP) is -0.0883. The molecule has 1 fully saturated rings. The summed E-state index contributed by atoms with van der Waals surface area (Å²) in [6.07, 6.45) is 1.22. The fourth-order valence-corrected chi connectivity index (χ4v) is 3.66. The van der Waals surface area contributed by atoms with Crippen molar-refractivity contribution in [3.8, 4) is 11.4 Å². The second kappa shape index (κ2) is 8.11. The third-order valence-corrected chi connectivity index (χ3v) is 5.13. The third kappa shape index (κ3) is 3.45. The number of anilines is 1. The van der Waals surface area contributed by atoms with Gasteiger partial charge < -0.3 is 20.8 Å². The van der Waals surface area contributed by atoms with Gasteiger partial charge in [-0.25, -0.2) is 15.0 Å². The number of aliphatic hydroxyl groups is 2. The Labute approximate surface area is 176 Å². The van der Waals surface area contributed by atoms with Crippen molar-refractivity contribution in [2.24, 2.45) is 0 Å². The molecule has 1 aliphatic rings. The van der Waals surface area contributed by atoms with Crippen LogP contribution in [0.25, 0.3) is 22.6 Å². The molecular weight excluding hydrogens is 412 g/mol. The molecule has 0 spiro atoms. The molecule has 0 aliphatic carbocycles. The molecule has 30 heavy (non-hydrogen) atoms. The molecule has 11 nitrogen and oxygen atoms in total. The number of likely N-dealkylation sites (N-methyl/N-ethyl adjacent to an activating group) is 1. The number of nitrogens with one attached hydrogen (secondary N) is 3. The maximum atomic E-state index is 12.2. The van der Waals surface area contributed by atoms with E-state index in [1.54, 1.807) is 30.8 Å². The molecule has 4 heterocycles. The Morgan fingerprint density at radius 1 is 1.30 bits per heavy atom. The van der Waals surface area contributed by atoms with E-state index in [-0.39, 0.29) is 0 Å². The summed E-state index contributed by atoms with van der Waals surface area (Å²) in [5.41, 5.74) is 1.49. The van der Waals surface area contributed by atoms with Gasteiger partial charge in [0.2, 0.25) is 5.91 Å². The minimum Gasteiger partial charge on any atom is -0.388 e. The number of carbonyl (C=O) groups is 1. The van der Waals surface area contributed by atoms with E-state index >= 15 is 0 Å². The van der Waals surface area contributed by atoms with Crippen molar-refractivity contribution in [2.75, 3.05) is 18.9 Å². The van der Waals surface area contributed by atoms with E-state index in [9.17, 15) is 15.0 Å². The molecule has 5 N–H and O–H groups in total. The van der Waals surface area contributed by atoms with E-state index in [4.69, 9.17) is 11.6 Å². The van der Waals surface area contributed by atoms with Gasteiger partial charge in [0.25, 0.3) is 0 Å². The summed E-state index contributed by atoms with van der Waals surface area (Å²) in [6, 6.07) is 0.720. The van der Waals surface area contributed by atoms with Crippen LogP contribution >= 0.6 is 11.6 Å². The van der Waals surface area contributed by atoms with Crippen molar-refractivity contribution in [3.63, 3.8) is 0 Å². The van der Waals surface area contributed by atoms with Gasteiger partial charge in [0, 0.05) is 31.5 Å². The zero-order valence-electron chi connectivity index (χ0n) is 16.2. The summed E-state index contributed by atoms with van der Waals surface area (Å²) in [6.45, 7) is 2.19. The summed E-state index contributed by atoms with van der Waals surface area (Å²) >= 11 is 6.05. The van der Waals surface area contributed by atoms with Crippen molar-refractivity contribution < 1.29 is 15.0 Å². The van der Waals surface area contributed by atoms with Crippen molar-refractivity contribution >= 4 is 34.5 Å². The van der Waals surface area contributed by atoms with Crippen LogP contribution in [0, 0.1) is 0 Å². The maximum absolute atomic E-state index is 12.2. The third-order valence-electron chi connectivity index (χ3n) is 4.92. The van der Waals surface area contributed by atoms with Crippen LogP contribution in [-0.2, 0) is 4.79 Å². The number of aromatic nitrogens is 5. The first-order chi connectivity index (χ1) is 14.4. The fraction of sp³-hybridized carbons (Fsp3) is 0.389. The summed E-state index contributed by atoms with van der Waals surface area (Å²) in [7, 11) is 1.71. The number of pyridine rings is 1. The van der Waals surface area contributed by atoms with Gasteiger partial charge in [-0.2, -0.15) is 0 Å². The Bertz CT molecular complexity index is 1090. The average molecular weight is 433 g/mol. The fourth-order valence-electron chi connectivity index (χ4n) is 3.48. The smallest absolute Gasteiger partial charge is 0.239 e. The highest BCUT2D eigenvalue weighted by molar-refractivity contribution is 6.30. The number of rotatable bonds is 5. The number of fused-ring (bicyclic) bond motifs is 1. The topological polar surface area (TPSA) is 150 Å². The molecule has 4 rings (SSSR count). The minimum absolute atomic E-state index is 0.358. The number of halogens is 1. The lowest BCUT2D eigenvalue weighted by molar-refractivity contribution is -0.125.